The van der Waals surface area contributed by atoms with Crippen LogP contribution in [0.15, 0.2) is 23.1 Å². The molecule has 1 aliphatic carbocycles. The third kappa shape index (κ3) is 3.86. The van der Waals surface area contributed by atoms with E-state index in [1.165, 1.54) is 17.5 Å². The summed E-state index contributed by atoms with van der Waals surface area (Å²) >= 11 is 0. The molecule has 2 fully saturated rings. The number of likely N-dealkylation sites (tertiary alicyclic amines) is 1. The van der Waals surface area contributed by atoms with Gasteiger partial charge in [-0.3, -0.25) is 4.79 Å². The largest absolute Gasteiger partial charge is 0.342 e. The zero-order chi connectivity index (χ0) is 19.9. The van der Waals surface area contributed by atoms with Crippen LogP contribution in [0.5, 0.6) is 0 Å². The maximum Gasteiger partial charge on any atom is 0.243 e. The Hall–Kier alpha value is -1.40. The Bertz CT molecular complexity index is 833. The summed E-state index contributed by atoms with van der Waals surface area (Å²) in [5.74, 6) is 1.29. The van der Waals surface area contributed by atoms with Gasteiger partial charge in [0, 0.05) is 32.1 Å². The molecule has 0 N–H and O–H groups in total. The van der Waals surface area contributed by atoms with E-state index in [-0.39, 0.29) is 11.8 Å². The van der Waals surface area contributed by atoms with E-state index in [0.29, 0.717) is 42.7 Å². The van der Waals surface area contributed by atoms with Gasteiger partial charge in [0.2, 0.25) is 15.9 Å². The highest BCUT2D eigenvalue weighted by Gasteiger charge is 2.35. The number of aryl methyl sites for hydroxylation is 2. The van der Waals surface area contributed by atoms with E-state index in [1.807, 2.05) is 17.0 Å². The van der Waals surface area contributed by atoms with Gasteiger partial charge < -0.3 is 4.90 Å². The fraction of sp³-hybridized carbons (Fsp3) is 0.682. The number of fused-ring (bicyclic) bond motifs is 1. The number of carbonyl (C=O) groups is 1. The van der Waals surface area contributed by atoms with E-state index >= 15 is 0 Å². The lowest BCUT2D eigenvalue weighted by atomic mass is 9.89. The highest BCUT2D eigenvalue weighted by molar-refractivity contribution is 7.89. The van der Waals surface area contributed by atoms with Gasteiger partial charge in [-0.15, -0.1) is 0 Å². The van der Waals surface area contributed by atoms with Gasteiger partial charge in [0.25, 0.3) is 0 Å². The molecule has 2 heterocycles. The van der Waals surface area contributed by atoms with Crippen molar-refractivity contribution in [1.82, 2.24) is 9.21 Å². The van der Waals surface area contributed by atoms with Crippen LogP contribution in [-0.4, -0.2) is 49.7 Å². The van der Waals surface area contributed by atoms with Crippen LogP contribution in [0.25, 0.3) is 0 Å². The maximum atomic E-state index is 13.1. The van der Waals surface area contributed by atoms with Crippen molar-refractivity contribution in [3.05, 3.63) is 29.3 Å². The van der Waals surface area contributed by atoms with Crippen LogP contribution < -0.4 is 0 Å². The summed E-state index contributed by atoms with van der Waals surface area (Å²) in [6, 6.07) is 5.60. The van der Waals surface area contributed by atoms with E-state index in [9.17, 15) is 13.2 Å². The Balaban J connectivity index is 1.40. The summed E-state index contributed by atoms with van der Waals surface area (Å²) in [4.78, 5) is 15.4. The van der Waals surface area contributed by atoms with Gasteiger partial charge in [0.15, 0.2) is 0 Å². The van der Waals surface area contributed by atoms with Crippen LogP contribution in [0, 0.1) is 17.8 Å². The molecule has 1 amide bonds. The number of hydrogen-bond acceptors (Lipinski definition) is 3. The first-order valence-corrected chi connectivity index (χ1v) is 12.2. The average Bonchev–Trinajstić information content (AvgIpc) is 3.14. The number of amides is 1. The fourth-order valence-electron chi connectivity index (χ4n) is 5.30. The Morgan fingerprint density at radius 1 is 1.00 bits per heavy atom. The summed E-state index contributed by atoms with van der Waals surface area (Å²) < 4.78 is 27.7. The van der Waals surface area contributed by atoms with Gasteiger partial charge >= 0.3 is 0 Å². The molecule has 6 heteroatoms. The molecule has 3 aliphatic rings. The molecule has 1 aromatic carbocycles. The standard InChI is InChI=1S/C22H32N2O3S/c1-16-12-17(2)15-23(14-16)22(25)19-8-10-24(11-9-19)28(26,27)21-7-6-18-4-3-5-20(18)13-21/h6-7,13,16-17,19H,3-5,8-12,14-15H2,1-2H3/t16-,17-/m1/s1. The van der Waals surface area contributed by atoms with Gasteiger partial charge in [0.1, 0.15) is 0 Å². The second-order valence-corrected chi connectivity index (χ2v) is 11.1. The second kappa shape index (κ2) is 7.79. The highest BCUT2D eigenvalue weighted by atomic mass is 32.2. The maximum absolute atomic E-state index is 13.1. The molecule has 2 aliphatic heterocycles. The number of hydrogen-bond donors (Lipinski definition) is 0. The molecule has 5 nitrogen and oxygen atoms in total. The predicted octanol–water partition coefficient (Wildman–Crippen LogP) is 3.08. The smallest absolute Gasteiger partial charge is 0.243 e. The lowest BCUT2D eigenvalue weighted by Crippen LogP contribution is -2.48. The van der Waals surface area contributed by atoms with Crippen LogP contribution in [0.4, 0.5) is 0 Å². The molecule has 2 saturated heterocycles. The number of benzene rings is 1. The monoisotopic (exact) mass is 404 g/mol. The molecule has 0 bridgehead atoms. The molecule has 0 spiro atoms. The normalized spacial score (nSPS) is 27.0. The summed E-state index contributed by atoms with van der Waals surface area (Å²) in [6.07, 6.45) is 5.57. The van der Waals surface area contributed by atoms with Crippen molar-refractivity contribution in [2.45, 2.75) is 57.3 Å². The number of nitrogens with zero attached hydrogens (tertiary/aromatic N) is 2. The summed E-state index contributed by atoms with van der Waals surface area (Å²) in [5, 5.41) is 0. The van der Waals surface area contributed by atoms with Gasteiger partial charge in [-0.05, 0) is 73.6 Å². The first-order chi connectivity index (χ1) is 13.3. The molecule has 4 rings (SSSR count). The molecule has 1 aromatic rings. The average molecular weight is 405 g/mol. The van der Waals surface area contributed by atoms with Crippen molar-refractivity contribution in [2.75, 3.05) is 26.2 Å². The van der Waals surface area contributed by atoms with E-state index in [2.05, 4.69) is 13.8 Å². The Morgan fingerprint density at radius 3 is 2.32 bits per heavy atom. The molecule has 0 radical (unpaired) electrons. The highest BCUT2D eigenvalue weighted by Crippen LogP contribution is 2.30. The van der Waals surface area contributed by atoms with Crippen molar-refractivity contribution in [3.63, 3.8) is 0 Å². The summed E-state index contributed by atoms with van der Waals surface area (Å²) in [6.45, 7) is 6.99. The Labute approximate surface area is 169 Å². The minimum absolute atomic E-state index is 0.0380. The summed E-state index contributed by atoms with van der Waals surface area (Å²) in [7, 11) is -3.47. The first-order valence-electron chi connectivity index (χ1n) is 10.8. The molecule has 0 saturated carbocycles. The van der Waals surface area contributed by atoms with E-state index in [4.69, 9.17) is 0 Å². The van der Waals surface area contributed by atoms with E-state index < -0.39 is 10.0 Å². The van der Waals surface area contributed by atoms with Crippen molar-refractivity contribution >= 4 is 15.9 Å². The molecule has 0 unspecified atom stereocenters. The second-order valence-electron chi connectivity index (χ2n) is 9.15. The van der Waals surface area contributed by atoms with Crippen LogP contribution in [-0.2, 0) is 27.7 Å². The van der Waals surface area contributed by atoms with Gasteiger partial charge in [-0.2, -0.15) is 4.31 Å². The van der Waals surface area contributed by atoms with Crippen molar-refractivity contribution in [3.8, 4) is 0 Å². The Kier molecular flexibility index (Phi) is 5.53. The predicted molar refractivity (Wildman–Crippen MR) is 109 cm³/mol. The quantitative estimate of drug-likeness (QED) is 0.778. The van der Waals surface area contributed by atoms with Gasteiger partial charge in [0.05, 0.1) is 4.90 Å². The zero-order valence-corrected chi connectivity index (χ0v) is 17.9. The number of carbonyl (C=O) groups excluding carboxylic acids is 1. The molecule has 2 atom stereocenters. The van der Waals surface area contributed by atoms with Crippen LogP contribution in [0.2, 0.25) is 0 Å². The fourth-order valence-corrected chi connectivity index (χ4v) is 6.82. The molecule has 28 heavy (non-hydrogen) atoms. The SMILES string of the molecule is C[C@@H]1C[C@@H](C)CN(C(=O)C2CCN(S(=O)(=O)c3ccc4c(c3)CCC4)CC2)C1. The molecule has 0 aromatic heterocycles. The lowest BCUT2D eigenvalue weighted by molar-refractivity contribution is -0.139. The van der Waals surface area contributed by atoms with E-state index in [1.54, 1.807) is 10.4 Å². The molecular formula is C22H32N2O3S. The minimum Gasteiger partial charge on any atom is -0.342 e. The van der Waals surface area contributed by atoms with Gasteiger partial charge in [-0.1, -0.05) is 19.9 Å². The van der Waals surface area contributed by atoms with Crippen molar-refractivity contribution in [1.29, 1.82) is 0 Å². The number of piperidine rings is 2. The van der Waals surface area contributed by atoms with Gasteiger partial charge in [-0.25, -0.2) is 8.42 Å². The number of sulfonamides is 1. The Morgan fingerprint density at radius 2 is 1.64 bits per heavy atom. The van der Waals surface area contributed by atoms with Crippen LogP contribution in [0.3, 0.4) is 0 Å². The van der Waals surface area contributed by atoms with Crippen LogP contribution >= 0.6 is 0 Å². The van der Waals surface area contributed by atoms with Crippen LogP contribution in [0.1, 0.15) is 50.7 Å². The molecular weight excluding hydrogens is 372 g/mol. The third-order valence-electron chi connectivity index (χ3n) is 6.69. The summed E-state index contributed by atoms with van der Waals surface area (Å²) in [5.41, 5.74) is 2.47. The molecule has 154 valence electrons. The van der Waals surface area contributed by atoms with Crippen molar-refractivity contribution < 1.29 is 13.2 Å². The lowest BCUT2D eigenvalue weighted by Gasteiger charge is -2.39. The minimum atomic E-state index is -3.47. The number of rotatable bonds is 3. The first kappa shape index (κ1) is 19.9. The van der Waals surface area contributed by atoms with Crippen molar-refractivity contribution in [2.24, 2.45) is 17.8 Å². The van der Waals surface area contributed by atoms with E-state index in [0.717, 1.165) is 32.4 Å². The third-order valence-corrected chi connectivity index (χ3v) is 8.59. The zero-order valence-electron chi connectivity index (χ0n) is 17.1. The topological polar surface area (TPSA) is 57.7 Å².